The molecule has 11 heteroatoms. The number of alkyl halides is 3. The molecule has 3 rings (SSSR count). The van der Waals surface area contributed by atoms with Gasteiger partial charge in [-0.2, -0.15) is 18.3 Å². The molecule has 0 fully saturated rings. The van der Waals surface area contributed by atoms with Gasteiger partial charge in [0, 0.05) is 12.9 Å². The van der Waals surface area contributed by atoms with Crippen LogP contribution in [-0.2, 0) is 18.6 Å². The number of hydrogen-bond acceptors (Lipinski definition) is 5. The number of aryl methyl sites for hydroxylation is 2. The Kier molecular flexibility index (Phi) is 6.42. The normalized spacial score (nSPS) is 17.1. The number of ether oxygens (including phenoxy) is 1. The van der Waals surface area contributed by atoms with Crippen LogP contribution in [0.5, 0.6) is 0 Å². The lowest BCUT2D eigenvalue weighted by Crippen LogP contribution is -2.24. The molecule has 31 heavy (non-hydrogen) atoms. The van der Waals surface area contributed by atoms with Crippen molar-refractivity contribution in [3.05, 3.63) is 52.0 Å². The lowest BCUT2D eigenvalue weighted by Gasteiger charge is -2.24. The molecule has 0 radical (unpaired) electrons. The Morgan fingerprint density at radius 3 is 2.39 bits per heavy atom. The fourth-order valence-electron chi connectivity index (χ4n) is 3.32. The number of hydrogen-bond donors (Lipinski definition) is 0. The number of esters is 1. The van der Waals surface area contributed by atoms with Crippen LogP contribution < -0.4 is 0 Å². The lowest BCUT2D eigenvalue weighted by molar-refractivity contribution is -0.153. The summed E-state index contributed by atoms with van der Waals surface area (Å²) in [6.45, 7) is 6.82. The highest BCUT2D eigenvalue weighted by Gasteiger charge is 2.45. The average molecular weight is 477 g/mol. The van der Waals surface area contributed by atoms with Crippen LogP contribution in [0.4, 0.5) is 13.2 Å². The fraction of sp³-hybridized carbons (Fsp3) is 0.400. The van der Waals surface area contributed by atoms with Gasteiger partial charge in [-0.3, -0.25) is 0 Å². The standard InChI is InChI=1S/C20H21ClF3N2O4P/c1-11-6-14(26-9-13(21)8-25-26)7-12(2)15(11)16-17(19(3,4)29-18(16)27)30-31(5)28-10-20(22,23)24/h6-9H,10H2,1-5H3. The predicted octanol–water partition coefficient (Wildman–Crippen LogP) is 5.73. The molecule has 168 valence electrons. The molecule has 0 spiro atoms. The minimum Gasteiger partial charge on any atom is -0.448 e. The molecule has 1 aliphatic rings. The summed E-state index contributed by atoms with van der Waals surface area (Å²) in [6.07, 6.45) is -1.32. The monoisotopic (exact) mass is 476 g/mol. The van der Waals surface area contributed by atoms with E-state index in [-0.39, 0.29) is 11.3 Å². The average Bonchev–Trinajstić information content (AvgIpc) is 3.14. The molecule has 1 atom stereocenters. The van der Waals surface area contributed by atoms with Crippen LogP contribution >= 0.6 is 20.0 Å². The first-order valence-corrected chi connectivity index (χ1v) is 11.2. The first-order valence-electron chi connectivity index (χ1n) is 9.20. The second-order valence-electron chi connectivity index (χ2n) is 7.58. The van der Waals surface area contributed by atoms with Crippen LogP contribution in [0.1, 0.15) is 30.5 Å². The zero-order valence-electron chi connectivity index (χ0n) is 17.5. The van der Waals surface area contributed by atoms with E-state index < -0.39 is 32.7 Å². The van der Waals surface area contributed by atoms with E-state index in [9.17, 15) is 18.0 Å². The van der Waals surface area contributed by atoms with Gasteiger partial charge < -0.3 is 13.8 Å². The van der Waals surface area contributed by atoms with Gasteiger partial charge in [0.15, 0.2) is 18.0 Å². The summed E-state index contributed by atoms with van der Waals surface area (Å²) in [6, 6.07) is 3.65. The smallest absolute Gasteiger partial charge is 0.412 e. The number of carbonyl (C=O) groups is 1. The number of carbonyl (C=O) groups excluding carboxylic acids is 1. The molecule has 0 N–H and O–H groups in total. The van der Waals surface area contributed by atoms with Crippen molar-refractivity contribution in [2.24, 2.45) is 0 Å². The Hall–Kier alpha value is -2.09. The van der Waals surface area contributed by atoms with Gasteiger partial charge in [-0.25, -0.2) is 9.48 Å². The Labute approximate surface area is 183 Å². The molecule has 0 saturated carbocycles. The molecule has 2 aromatic rings. The molecule has 2 heterocycles. The molecular weight excluding hydrogens is 456 g/mol. The molecule has 1 aromatic carbocycles. The molecule has 0 saturated heterocycles. The van der Waals surface area contributed by atoms with E-state index in [0.29, 0.717) is 10.6 Å². The Bertz CT molecular complexity index is 1030. The maximum absolute atomic E-state index is 12.8. The summed E-state index contributed by atoms with van der Waals surface area (Å²) in [7, 11) is -1.95. The summed E-state index contributed by atoms with van der Waals surface area (Å²) in [5, 5.41) is 4.66. The third-order valence-corrected chi connectivity index (χ3v) is 5.67. The van der Waals surface area contributed by atoms with Crippen molar-refractivity contribution in [3.8, 4) is 5.69 Å². The second kappa shape index (κ2) is 8.45. The second-order valence-corrected chi connectivity index (χ2v) is 9.34. The fourth-order valence-corrected chi connectivity index (χ4v) is 4.41. The molecule has 0 bridgehead atoms. The van der Waals surface area contributed by atoms with Crippen molar-refractivity contribution in [1.29, 1.82) is 0 Å². The quantitative estimate of drug-likeness (QED) is 0.394. The van der Waals surface area contributed by atoms with Crippen LogP contribution in [0, 0.1) is 13.8 Å². The highest BCUT2D eigenvalue weighted by molar-refractivity contribution is 7.46. The largest absolute Gasteiger partial charge is 0.448 e. The summed E-state index contributed by atoms with van der Waals surface area (Å²) in [5.41, 5.74) is 1.83. The van der Waals surface area contributed by atoms with Crippen LogP contribution in [-0.4, -0.2) is 40.8 Å². The molecule has 0 amide bonds. The Balaban J connectivity index is 2.02. The lowest BCUT2D eigenvalue weighted by atomic mass is 9.92. The van der Waals surface area contributed by atoms with Gasteiger partial charge in [0.05, 0.1) is 16.9 Å². The minimum absolute atomic E-state index is 0.148. The SMILES string of the molecule is Cc1cc(-n2cc(Cl)cn2)cc(C)c1C1=C(OP(C)OCC(F)(F)F)C(C)(C)OC1=O. The molecule has 0 aliphatic carbocycles. The van der Waals surface area contributed by atoms with Crippen molar-refractivity contribution >= 4 is 31.5 Å². The van der Waals surface area contributed by atoms with E-state index in [1.54, 1.807) is 24.7 Å². The van der Waals surface area contributed by atoms with Crippen molar-refractivity contribution in [1.82, 2.24) is 9.78 Å². The molecule has 1 unspecified atom stereocenters. The molecule has 1 aliphatic heterocycles. The van der Waals surface area contributed by atoms with E-state index in [0.717, 1.165) is 16.8 Å². The van der Waals surface area contributed by atoms with Crippen LogP contribution in [0.15, 0.2) is 30.3 Å². The number of aromatic nitrogens is 2. The maximum atomic E-state index is 12.8. The van der Waals surface area contributed by atoms with Crippen molar-refractivity contribution in [2.45, 2.75) is 39.5 Å². The number of nitrogens with zero attached hydrogens (tertiary/aromatic N) is 2. The number of benzene rings is 1. The van der Waals surface area contributed by atoms with E-state index >= 15 is 0 Å². The van der Waals surface area contributed by atoms with E-state index in [2.05, 4.69) is 5.10 Å². The van der Waals surface area contributed by atoms with Gasteiger partial charge in [0.2, 0.25) is 8.38 Å². The van der Waals surface area contributed by atoms with E-state index in [4.69, 9.17) is 25.4 Å². The first kappa shape index (κ1) is 23.6. The minimum atomic E-state index is -4.48. The zero-order valence-corrected chi connectivity index (χ0v) is 19.2. The van der Waals surface area contributed by atoms with Gasteiger partial charge >= 0.3 is 12.1 Å². The number of rotatable bonds is 6. The maximum Gasteiger partial charge on any atom is 0.412 e. The summed E-state index contributed by atoms with van der Waals surface area (Å²) >= 11 is 5.95. The molecule has 6 nitrogen and oxygen atoms in total. The third kappa shape index (κ3) is 5.22. The zero-order chi connectivity index (χ0) is 23.1. The predicted molar refractivity (Wildman–Crippen MR) is 111 cm³/mol. The van der Waals surface area contributed by atoms with Gasteiger partial charge in [-0.05, 0) is 56.5 Å². The van der Waals surface area contributed by atoms with E-state index in [1.165, 1.54) is 12.9 Å². The van der Waals surface area contributed by atoms with Gasteiger partial charge in [-0.15, -0.1) is 0 Å². The molecular formula is C20H21ClF3N2O4P. The van der Waals surface area contributed by atoms with Crippen LogP contribution in [0.2, 0.25) is 5.02 Å². The number of halogens is 4. The van der Waals surface area contributed by atoms with Crippen molar-refractivity contribution in [2.75, 3.05) is 13.3 Å². The summed E-state index contributed by atoms with van der Waals surface area (Å²) < 4.78 is 55.1. The highest BCUT2D eigenvalue weighted by Crippen LogP contribution is 2.48. The van der Waals surface area contributed by atoms with E-state index in [1.807, 2.05) is 26.0 Å². The van der Waals surface area contributed by atoms with Gasteiger partial charge in [-0.1, -0.05) is 11.6 Å². The Morgan fingerprint density at radius 1 is 1.26 bits per heavy atom. The highest BCUT2D eigenvalue weighted by atomic mass is 35.5. The topological polar surface area (TPSA) is 62.6 Å². The Morgan fingerprint density at radius 2 is 1.87 bits per heavy atom. The molecule has 1 aromatic heterocycles. The van der Waals surface area contributed by atoms with Crippen molar-refractivity contribution in [3.63, 3.8) is 0 Å². The van der Waals surface area contributed by atoms with Crippen LogP contribution in [0.25, 0.3) is 11.3 Å². The van der Waals surface area contributed by atoms with Gasteiger partial charge in [0.25, 0.3) is 0 Å². The van der Waals surface area contributed by atoms with Crippen LogP contribution in [0.3, 0.4) is 0 Å². The van der Waals surface area contributed by atoms with Crippen molar-refractivity contribution < 1.29 is 31.8 Å². The summed E-state index contributed by atoms with van der Waals surface area (Å²) in [5.74, 6) is -0.463. The first-order chi connectivity index (χ1) is 14.3. The van der Waals surface area contributed by atoms with Gasteiger partial charge in [0.1, 0.15) is 5.57 Å². The number of cyclic esters (lactones) is 1. The third-order valence-electron chi connectivity index (χ3n) is 4.54. The summed E-state index contributed by atoms with van der Waals surface area (Å²) in [4.78, 5) is 12.8.